The van der Waals surface area contributed by atoms with Crippen LogP contribution in [-0.2, 0) is 0 Å². The van der Waals surface area contributed by atoms with Crippen molar-refractivity contribution in [3.8, 4) is 6.07 Å². The molecule has 10 nitrogen and oxygen atoms in total. The maximum atomic E-state index is 12.0. The standard InChI is InChI=1S/C21H20N4O2.C8H4ClNO.C5H14N2/c1-23-19-10-6-9-18(14-19)21(27)25-12-4-2-3-11-24-20(26)17-8-5-7-16(13-17)15-22;1-10-7-4-2-3-6(5-7)8(9)11;6-4-2-1-3-5-7/h5-10,13-14H,2-4,11-12H2,(H,24,26)(H,25,27);2-5H;1-7H2. The number of nitrogens with zero attached hydrogens (tertiary/aromatic N) is 3. The lowest BCUT2D eigenvalue weighted by Gasteiger charge is -2.07. The van der Waals surface area contributed by atoms with E-state index < -0.39 is 5.24 Å². The van der Waals surface area contributed by atoms with Crippen LogP contribution in [0.25, 0.3) is 9.69 Å². The van der Waals surface area contributed by atoms with E-state index in [0.29, 0.717) is 46.7 Å². The van der Waals surface area contributed by atoms with Gasteiger partial charge in [0, 0.05) is 29.8 Å². The van der Waals surface area contributed by atoms with Crippen LogP contribution < -0.4 is 22.1 Å². The molecule has 0 bridgehead atoms. The zero-order valence-corrected chi connectivity index (χ0v) is 25.9. The second kappa shape index (κ2) is 23.4. The van der Waals surface area contributed by atoms with Gasteiger partial charge in [-0.2, -0.15) is 5.26 Å². The van der Waals surface area contributed by atoms with Gasteiger partial charge in [-0.25, -0.2) is 9.69 Å². The predicted octanol–water partition coefficient (Wildman–Crippen LogP) is 6.13. The van der Waals surface area contributed by atoms with Crippen LogP contribution in [0.1, 0.15) is 75.2 Å². The molecule has 0 saturated carbocycles. The van der Waals surface area contributed by atoms with Gasteiger partial charge in [0.1, 0.15) is 0 Å². The van der Waals surface area contributed by atoms with Crippen molar-refractivity contribution in [3.05, 3.63) is 118 Å². The number of carbonyl (C=O) groups is 3. The summed E-state index contributed by atoms with van der Waals surface area (Å²) in [4.78, 5) is 41.0. The number of amides is 2. The van der Waals surface area contributed by atoms with E-state index in [2.05, 4.69) is 20.3 Å². The molecule has 3 aromatic carbocycles. The number of nitrogens with two attached hydrogens (primary N) is 2. The molecule has 0 heterocycles. The van der Waals surface area contributed by atoms with Crippen molar-refractivity contribution < 1.29 is 14.4 Å². The molecule has 3 aromatic rings. The Labute approximate surface area is 270 Å². The van der Waals surface area contributed by atoms with Crippen molar-refractivity contribution >= 4 is 40.0 Å². The van der Waals surface area contributed by atoms with E-state index in [1.807, 2.05) is 6.07 Å². The van der Waals surface area contributed by atoms with Gasteiger partial charge in [0.05, 0.1) is 24.8 Å². The summed E-state index contributed by atoms with van der Waals surface area (Å²) in [5.74, 6) is -0.383. The number of nitriles is 1. The Kier molecular flexibility index (Phi) is 19.8. The summed E-state index contributed by atoms with van der Waals surface area (Å²) in [7, 11) is 0. The van der Waals surface area contributed by atoms with Crippen LogP contribution in [0.3, 0.4) is 0 Å². The van der Waals surface area contributed by atoms with Crippen molar-refractivity contribution in [3.63, 3.8) is 0 Å². The van der Waals surface area contributed by atoms with Crippen molar-refractivity contribution in [2.45, 2.75) is 38.5 Å². The zero-order chi connectivity index (χ0) is 33.3. The molecule has 2 amide bonds. The molecule has 0 unspecified atom stereocenters. The molecule has 0 atom stereocenters. The van der Waals surface area contributed by atoms with Crippen LogP contribution >= 0.6 is 11.6 Å². The predicted molar refractivity (Wildman–Crippen MR) is 177 cm³/mol. The SMILES string of the molecule is NCCCCCN.[C-]#[N+]c1cccc(C(=O)Cl)c1.[C-]#[N+]c1cccc(C(=O)NCCCCCNC(=O)c2cccc(C#N)c2)c1. The minimum absolute atomic E-state index is 0.189. The number of nitrogens with one attached hydrogen (secondary N) is 2. The molecule has 6 N–H and O–H groups in total. The molecular weight excluding hydrogens is 590 g/mol. The third-order valence-electron chi connectivity index (χ3n) is 6.03. The Balaban J connectivity index is 0.000000458. The average Bonchev–Trinajstić information content (AvgIpc) is 3.08. The maximum absolute atomic E-state index is 12.0. The quantitative estimate of drug-likeness (QED) is 0.101. The highest BCUT2D eigenvalue weighted by Gasteiger charge is 2.07. The van der Waals surface area contributed by atoms with Gasteiger partial charge in [0.15, 0.2) is 11.4 Å². The van der Waals surface area contributed by atoms with E-state index >= 15 is 0 Å². The fourth-order valence-corrected chi connectivity index (χ4v) is 3.76. The van der Waals surface area contributed by atoms with Crippen LogP contribution in [-0.4, -0.2) is 43.2 Å². The summed E-state index contributed by atoms with van der Waals surface area (Å²) in [6.45, 7) is 16.3. The van der Waals surface area contributed by atoms with Gasteiger partial charge >= 0.3 is 0 Å². The zero-order valence-electron chi connectivity index (χ0n) is 25.1. The van der Waals surface area contributed by atoms with Crippen LogP contribution in [0.2, 0.25) is 0 Å². The molecule has 3 rings (SSSR count). The lowest BCUT2D eigenvalue weighted by atomic mass is 10.1. The highest BCUT2D eigenvalue weighted by molar-refractivity contribution is 6.67. The molecule has 0 spiro atoms. The van der Waals surface area contributed by atoms with Gasteiger partial charge in [-0.05, 0) is 87.1 Å². The number of benzene rings is 3. The molecule has 0 radical (unpaired) electrons. The van der Waals surface area contributed by atoms with Crippen LogP contribution in [0.15, 0.2) is 72.8 Å². The van der Waals surface area contributed by atoms with Crippen molar-refractivity contribution in [2.75, 3.05) is 26.2 Å². The van der Waals surface area contributed by atoms with E-state index in [1.54, 1.807) is 66.7 Å². The molecule has 0 aliphatic heterocycles. The van der Waals surface area contributed by atoms with Crippen LogP contribution in [0.4, 0.5) is 11.4 Å². The first-order valence-corrected chi connectivity index (χ1v) is 14.8. The normalized spacial score (nSPS) is 9.42. The first-order valence-electron chi connectivity index (χ1n) is 14.4. The Morgan fingerprint density at radius 2 is 1.13 bits per heavy atom. The fourth-order valence-electron chi connectivity index (χ4n) is 3.64. The van der Waals surface area contributed by atoms with Gasteiger partial charge in [-0.1, -0.05) is 48.9 Å². The van der Waals surface area contributed by atoms with Crippen molar-refractivity contribution in [2.24, 2.45) is 11.5 Å². The molecule has 0 fully saturated rings. The number of hydrogen-bond acceptors (Lipinski definition) is 6. The molecule has 234 valence electrons. The van der Waals surface area contributed by atoms with E-state index in [9.17, 15) is 14.4 Å². The maximum Gasteiger partial charge on any atom is 0.251 e. The lowest BCUT2D eigenvalue weighted by molar-refractivity contribution is 0.0947. The van der Waals surface area contributed by atoms with Gasteiger partial charge < -0.3 is 22.1 Å². The Hall–Kier alpha value is -5.05. The summed E-state index contributed by atoms with van der Waals surface area (Å²) in [5.41, 5.74) is 13.1. The Bertz CT molecular complexity index is 1430. The molecule has 11 heteroatoms. The third kappa shape index (κ3) is 16.4. The van der Waals surface area contributed by atoms with Gasteiger partial charge in [0.2, 0.25) is 5.91 Å². The van der Waals surface area contributed by atoms with Gasteiger partial charge in [-0.15, -0.1) is 0 Å². The number of hydrogen-bond donors (Lipinski definition) is 4. The van der Waals surface area contributed by atoms with E-state index in [4.69, 9.17) is 41.5 Å². The van der Waals surface area contributed by atoms with Crippen molar-refractivity contribution in [1.29, 1.82) is 5.26 Å². The summed E-state index contributed by atoms with van der Waals surface area (Å²) in [5, 5.41) is 14.0. The van der Waals surface area contributed by atoms with E-state index in [-0.39, 0.29) is 11.8 Å². The summed E-state index contributed by atoms with van der Waals surface area (Å²) < 4.78 is 0. The van der Waals surface area contributed by atoms with E-state index in [0.717, 1.165) is 45.2 Å². The number of rotatable bonds is 13. The van der Waals surface area contributed by atoms with Gasteiger partial charge in [0.25, 0.3) is 11.1 Å². The first-order chi connectivity index (χ1) is 21.8. The topological polar surface area (TPSA) is 160 Å². The molecular formula is C34H38ClN7O3. The number of halogens is 1. The number of carbonyl (C=O) groups excluding carboxylic acids is 3. The van der Waals surface area contributed by atoms with Gasteiger partial charge in [-0.3, -0.25) is 14.4 Å². The number of unbranched alkanes of at least 4 members (excludes halogenated alkanes) is 4. The Morgan fingerprint density at radius 1 is 0.689 bits per heavy atom. The highest BCUT2D eigenvalue weighted by Crippen LogP contribution is 2.15. The monoisotopic (exact) mass is 627 g/mol. The Morgan fingerprint density at radius 3 is 1.60 bits per heavy atom. The van der Waals surface area contributed by atoms with Crippen LogP contribution in [0, 0.1) is 24.5 Å². The van der Waals surface area contributed by atoms with Crippen LogP contribution in [0.5, 0.6) is 0 Å². The van der Waals surface area contributed by atoms with Crippen molar-refractivity contribution in [1.82, 2.24) is 10.6 Å². The lowest BCUT2D eigenvalue weighted by Crippen LogP contribution is -2.26. The minimum atomic E-state index is -0.532. The minimum Gasteiger partial charge on any atom is -0.352 e. The molecule has 45 heavy (non-hydrogen) atoms. The second-order valence-corrected chi connectivity index (χ2v) is 9.84. The smallest absolute Gasteiger partial charge is 0.251 e. The fraction of sp³-hybridized carbons (Fsp3) is 0.294. The molecule has 0 aliphatic rings. The summed E-state index contributed by atoms with van der Waals surface area (Å²) >= 11 is 5.19. The largest absolute Gasteiger partial charge is 0.352 e. The van der Waals surface area contributed by atoms with E-state index in [1.165, 1.54) is 12.5 Å². The first kappa shape index (κ1) is 38.0. The molecule has 0 aliphatic carbocycles. The second-order valence-electron chi connectivity index (χ2n) is 9.50. The summed E-state index contributed by atoms with van der Waals surface area (Å²) in [6, 6.07) is 21.5. The summed E-state index contributed by atoms with van der Waals surface area (Å²) in [6.07, 6.45) is 5.89. The molecule has 0 saturated heterocycles. The third-order valence-corrected chi connectivity index (χ3v) is 6.24. The highest BCUT2D eigenvalue weighted by atomic mass is 35.5. The molecule has 0 aromatic heterocycles. The average molecular weight is 628 g/mol.